The van der Waals surface area contributed by atoms with Gasteiger partial charge in [-0.3, -0.25) is 9.59 Å². The van der Waals surface area contributed by atoms with Crippen LogP contribution < -0.4 is 5.32 Å². The van der Waals surface area contributed by atoms with E-state index in [1.165, 1.54) is 7.05 Å². The van der Waals surface area contributed by atoms with Gasteiger partial charge >= 0.3 is 0 Å². The molecule has 0 aliphatic rings. The van der Waals surface area contributed by atoms with Gasteiger partial charge in [0.1, 0.15) is 12.3 Å². The van der Waals surface area contributed by atoms with Crippen LogP contribution in [0.1, 0.15) is 13.8 Å². The molecule has 16 heavy (non-hydrogen) atoms. The largest absolute Gasteiger partial charge is 0.500 e. The topological polar surface area (TPSA) is 88.4 Å². The Morgan fingerprint density at radius 2 is 1.94 bits per heavy atom. The van der Waals surface area contributed by atoms with Crippen molar-refractivity contribution in [2.75, 3.05) is 20.3 Å². The molecule has 90 valence electrons. The van der Waals surface area contributed by atoms with E-state index in [4.69, 9.17) is 10.00 Å². The van der Waals surface area contributed by atoms with Crippen LogP contribution in [0.2, 0.25) is 0 Å². The Labute approximate surface area is 94.8 Å². The zero-order valence-electron chi connectivity index (χ0n) is 9.65. The molecule has 1 amide bonds. The highest BCUT2D eigenvalue weighted by atomic mass is 16.5. The van der Waals surface area contributed by atoms with Crippen LogP contribution in [-0.4, -0.2) is 32.6 Å². The molecule has 0 fully saturated rings. The van der Waals surface area contributed by atoms with Gasteiger partial charge in [0.05, 0.1) is 13.2 Å². The second kappa shape index (κ2) is 13.0. The van der Waals surface area contributed by atoms with Crippen LogP contribution >= 0.6 is 0 Å². The summed E-state index contributed by atoms with van der Waals surface area (Å²) in [6.45, 7) is 4.88. The molecule has 1 N–H and O–H groups in total. The predicted molar refractivity (Wildman–Crippen MR) is 57.1 cm³/mol. The van der Waals surface area contributed by atoms with Crippen molar-refractivity contribution in [3.63, 3.8) is 0 Å². The molecule has 0 rings (SSSR count). The maximum atomic E-state index is 10.8. The summed E-state index contributed by atoms with van der Waals surface area (Å²) in [5.74, 6) is -0.430. The minimum absolute atomic E-state index is 0.0191. The Balaban J connectivity index is 0. The fraction of sp³-hybridized carbons (Fsp3) is 0.500. The zero-order valence-corrected chi connectivity index (χ0v) is 9.65. The Hall–Kier alpha value is -2.03. The van der Waals surface area contributed by atoms with Crippen molar-refractivity contribution in [3.05, 3.63) is 11.8 Å². The van der Waals surface area contributed by atoms with Crippen molar-refractivity contribution in [2.24, 2.45) is 0 Å². The van der Waals surface area contributed by atoms with Gasteiger partial charge in [-0.05, 0) is 13.8 Å². The lowest BCUT2D eigenvalue weighted by atomic mass is 10.3. The molecule has 0 bridgehead atoms. The zero-order chi connectivity index (χ0) is 12.8. The number of nitrogens with one attached hydrogen (secondary N) is 1. The molecule has 0 saturated heterocycles. The molecule has 0 heterocycles. The minimum atomic E-state index is -0.430. The molecule has 0 unspecified atom stereocenters. The number of rotatable bonds is 5. The first-order valence-electron chi connectivity index (χ1n) is 4.67. The third kappa shape index (κ3) is 10.1. The first-order chi connectivity index (χ1) is 7.67. The highest BCUT2D eigenvalue weighted by Gasteiger charge is 2.04. The normalized spacial score (nSPS) is 9.00. The molecular formula is C10H16N2O4. The third-order valence-electron chi connectivity index (χ3n) is 1.19. The van der Waals surface area contributed by atoms with E-state index in [2.05, 4.69) is 10.1 Å². The Morgan fingerprint density at radius 3 is 2.19 bits per heavy atom. The molecule has 0 saturated carbocycles. The first kappa shape index (κ1) is 16.4. The molecule has 6 heteroatoms. The van der Waals surface area contributed by atoms with E-state index < -0.39 is 5.91 Å². The van der Waals surface area contributed by atoms with Gasteiger partial charge < -0.3 is 14.8 Å². The molecule has 0 aromatic rings. The maximum Gasteiger partial charge on any atom is 0.293 e. The summed E-state index contributed by atoms with van der Waals surface area (Å²) < 4.78 is 8.92. The van der Waals surface area contributed by atoms with Crippen molar-refractivity contribution in [2.45, 2.75) is 13.8 Å². The summed E-state index contributed by atoms with van der Waals surface area (Å²) in [6.07, 6.45) is 1.15. The van der Waals surface area contributed by atoms with Crippen molar-refractivity contribution in [1.29, 1.82) is 5.26 Å². The van der Waals surface area contributed by atoms with Gasteiger partial charge in [0.2, 0.25) is 0 Å². The van der Waals surface area contributed by atoms with Crippen LogP contribution in [0.3, 0.4) is 0 Å². The van der Waals surface area contributed by atoms with Crippen LogP contribution in [0, 0.1) is 11.3 Å². The highest BCUT2D eigenvalue weighted by Crippen LogP contribution is 1.91. The molecule has 0 aromatic heterocycles. The van der Waals surface area contributed by atoms with Crippen LogP contribution in [0.4, 0.5) is 0 Å². The third-order valence-corrected chi connectivity index (χ3v) is 1.19. The Morgan fingerprint density at radius 1 is 1.38 bits per heavy atom. The van der Waals surface area contributed by atoms with E-state index in [0.29, 0.717) is 19.7 Å². The number of likely N-dealkylation sites (N-methyl/N-ethyl adjacent to an activating group) is 1. The number of carbonyl (C=O) groups is 2. The molecular weight excluding hydrogens is 212 g/mol. The average molecular weight is 228 g/mol. The van der Waals surface area contributed by atoms with E-state index in [1.54, 1.807) is 19.9 Å². The Kier molecular flexibility index (Phi) is 13.3. The summed E-state index contributed by atoms with van der Waals surface area (Å²) in [4.78, 5) is 19.9. The predicted octanol–water partition coefficient (Wildman–Crippen LogP) is 0.356. The first-order valence-corrected chi connectivity index (χ1v) is 4.67. The van der Waals surface area contributed by atoms with E-state index in [0.717, 1.165) is 6.26 Å². The van der Waals surface area contributed by atoms with Crippen LogP contribution in [0.5, 0.6) is 0 Å². The standard InChI is InChI=1S/C7H10N2O2.C3H6O2/c1-3-11-5-6(4-8)7(10)9-2;1-2-5-3-4/h5H,3H2,1-2H3,(H,9,10);3H,2H2,1H3/b6-5+;. The molecule has 0 aliphatic carbocycles. The summed E-state index contributed by atoms with van der Waals surface area (Å²) in [7, 11) is 1.46. The highest BCUT2D eigenvalue weighted by molar-refractivity contribution is 5.96. The van der Waals surface area contributed by atoms with Crippen LogP contribution in [0.15, 0.2) is 11.8 Å². The average Bonchev–Trinajstić information content (AvgIpc) is 2.31. The van der Waals surface area contributed by atoms with Gasteiger partial charge in [0, 0.05) is 7.05 Å². The molecule has 0 radical (unpaired) electrons. The number of hydrogen-bond acceptors (Lipinski definition) is 5. The fourth-order valence-corrected chi connectivity index (χ4v) is 0.500. The van der Waals surface area contributed by atoms with Crippen molar-refractivity contribution in [1.82, 2.24) is 5.32 Å². The van der Waals surface area contributed by atoms with Gasteiger partial charge in [-0.1, -0.05) is 0 Å². The summed E-state index contributed by atoms with van der Waals surface area (Å²) in [6, 6.07) is 1.71. The van der Waals surface area contributed by atoms with E-state index in [1.807, 2.05) is 0 Å². The molecule has 0 aromatic carbocycles. The van der Waals surface area contributed by atoms with Gasteiger partial charge in [0.15, 0.2) is 5.57 Å². The van der Waals surface area contributed by atoms with Crippen molar-refractivity contribution >= 4 is 12.4 Å². The second-order valence-corrected chi connectivity index (χ2v) is 2.23. The maximum absolute atomic E-state index is 10.8. The number of nitriles is 1. The van der Waals surface area contributed by atoms with Gasteiger partial charge in [-0.25, -0.2) is 0 Å². The fourth-order valence-electron chi connectivity index (χ4n) is 0.500. The quantitative estimate of drug-likeness (QED) is 0.317. The lowest BCUT2D eigenvalue weighted by Crippen LogP contribution is -2.19. The van der Waals surface area contributed by atoms with Gasteiger partial charge in [-0.2, -0.15) is 5.26 Å². The summed E-state index contributed by atoms with van der Waals surface area (Å²) >= 11 is 0. The number of carbonyl (C=O) groups excluding carboxylic acids is 2. The van der Waals surface area contributed by atoms with Crippen LogP contribution in [-0.2, 0) is 19.1 Å². The molecule has 6 nitrogen and oxygen atoms in total. The van der Waals surface area contributed by atoms with E-state index in [-0.39, 0.29) is 5.57 Å². The van der Waals surface area contributed by atoms with Gasteiger partial charge in [0.25, 0.3) is 12.4 Å². The molecule has 0 spiro atoms. The van der Waals surface area contributed by atoms with Crippen molar-refractivity contribution < 1.29 is 19.1 Å². The van der Waals surface area contributed by atoms with Gasteiger partial charge in [-0.15, -0.1) is 0 Å². The number of hydrogen-bond donors (Lipinski definition) is 1. The summed E-state index contributed by atoms with van der Waals surface area (Å²) in [5.41, 5.74) is -0.0191. The van der Waals surface area contributed by atoms with E-state index in [9.17, 15) is 9.59 Å². The number of amides is 1. The SMILES string of the molecule is CCO/C=C(\C#N)C(=O)NC.CCOC=O. The number of nitrogens with zero attached hydrogens (tertiary/aromatic N) is 1. The monoisotopic (exact) mass is 228 g/mol. The molecule has 0 atom stereocenters. The van der Waals surface area contributed by atoms with Crippen LogP contribution in [0.25, 0.3) is 0 Å². The lowest BCUT2D eigenvalue weighted by Gasteiger charge is -1.96. The smallest absolute Gasteiger partial charge is 0.293 e. The lowest BCUT2D eigenvalue weighted by molar-refractivity contribution is -0.128. The Bertz CT molecular complexity index is 268. The van der Waals surface area contributed by atoms with Crippen molar-refractivity contribution in [3.8, 4) is 6.07 Å². The van der Waals surface area contributed by atoms with E-state index >= 15 is 0 Å². The minimum Gasteiger partial charge on any atom is -0.500 e. The second-order valence-electron chi connectivity index (χ2n) is 2.23. The number of ether oxygens (including phenoxy) is 2. The summed E-state index contributed by atoms with van der Waals surface area (Å²) in [5, 5.41) is 10.7. The molecule has 0 aliphatic heterocycles.